The molecule has 7 nitrogen and oxygen atoms in total. The van der Waals surface area contributed by atoms with Crippen LogP contribution in [0.25, 0.3) is 0 Å². The summed E-state index contributed by atoms with van der Waals surface area (Å²) in [5.74, 6) is 0. The molecule has 1 aliphatic heterocycles. The molecule has 0 fully saturated rings. The van der Waals surface area contributed by atoms with Gasteiger partial charge in [0.25, 0.3) is 0 Å². The third-order valence-corrected chi connectivity index (χ3v) is 2.91. The summed E-state index contributed by atoms with van der Waals surface area (Å²) in [4.78, 5) is 22.4. The van der Waals surface area contributed by atoms with Crippen molar-refractivity contribution in [1.82, 2.24) is 10.7 Å². The number of nitrogens with one attached hydrogen (secondary N) is 3. The largest absolute Gasteiger partial charge is 0.442 e. The Kier molecular flexibility index (Phi) is 5.14. The van der Waals surface area contributed by atoms with Gasteiger partial charge >= 0.3 is 12.1 Å². The average molecular weight is 290 g/mol. The predicted octanol–water partition coefficient (Wildman–Crippen LogP) is 2.05. The Morgan fingerprint density at radius 1 is 1.38 bits per heavy atom. The van der Waals surface area contributed by atoms with Crippen molar-refractivity contribution in [2.75, 3.05) is 18.5 Å². The number of carbonyl (C=O) groups excluding carboxylic acids is 2. The van der Waals surface area contributed by atoms with Crippen molar-refractivity contribution < 1.29 is 14.3 Å². The van der Waals surface area contributed by atoms with Gasteiger partial charge in [0.05, 0.1) is 0 Å². The van der Waals surface area contributed by atoms with Crippen LogP contribution in [0.1, 0.15) is 25.3 Å². The lowest BCUT2D eigenvalue weighted by Gasteiger charge is -2.13. The first-order valence-corrected chi connectivity index (χ1v) is 6.83. The highest BCUT2D eigenvalue weighted by atomic mass is 16.6. The van der Waals surface area contributed by atoms with Gasteiger partial charge in [-0.25, -0.2) is 15.0 Å². The summed E-state index contributed by atoms with van der Waals surface area (Å²) in [6.45, 7) is 2.86. The number of hydrogen-bond acceptors (Lipinski definition) is 4. The number of unbranched alkanes of at least 4 members (excludes halogenated alkanes) is 1. The third-order valence-electron chi connectivity index (χ3n) is 2.91. The Morgan fingerprint density at radius 2 is 2.14 bits per heavy atom. The first kappa shape index (κ1) is 14.8. The molecule has 21 heavy (non-hydrogen) atoms. The number of hydrazone groups is 1. The molecule has 1 aromatic carbocycles. The SMILES string of the molecule is CCCCNC(=O)Nc1ccc(C2=NNC(=O)OC2)cc1. The van der Waals surface area contributed by atoms with Crippen LogP contribution < -0.4 is 16.1 Å². The zero-order valence-corrected chi connectivity index (χ0v) is 11.8. The number of anilines is 1. The van der Waals surface area contributed by atoms with Crippen molar-refractivity contribution in [3.63, 3.8) is 0 Å². The lowest BCUT2D eigenvalue weighted by Crippen LogP contribution is -2.31. The van der Waals surface area contributed by atoms with E-state index in [0.717, 1.165) is 18.4 Å². The van der Waals surface area contributed by atoms with Crippen LogP contribution >= 0.6 is 0 Å². The van der Waals surface area contributed by atoms with E-state index in [4.69, 9.17) is 4.74 Å². The van der Waals surface area contributed by atoms with E-state index in [9.17, 15) is 9.59 Å². The van der Waals surface area contributed by atoms with Crippen LogP contribution in [0.5, 0.6) is 0 Å². The van der Waals surface area contributed by atoms with Crippen LogP contribution in [0.2, 0.25) is 0 Å². The highest BCUT2D eigenvalue weighted by Crippen LogP contribution is 2.11. The van der Waals surface area contributed by atoms with E-state index in [1.165, 1.54) is 0 Å². The molecule has 3 N–H and O–H groups in total. The summed E-state index contributed by atoms with van der Waals surface area (Å²) in [6, 6.07) is 6.94. The lowest BCUT2D eigenvalue weighted by molar-refractivity contribution is 0.157. The molecule has 0 aromatic heterocycles. The molecule has 0 unspecified atom stereocenters. The average Bonchev–Trinajstić information content (AvgIpc) is 2.49. The highest BCUT2D eigenvalue weighted by Gasteiger charge is 2.13. The predicted molar refractivity (Wildman–Crippen MR) is 79.4 cm³/mol. The molecule has 0 atom stereocenters. The van der Waals surface area contributed by atoms with Crippen molar-refractivity contribution in [3.8, 4) is 0 Å². The molecular formula is C14H18N4O3. The van der Waals surface area contributed by atoms with Gasteiger partial charge in [-0.3, -0.25) is 0 Å². The maximum Gasteiger partial charge on any atom is 0.428 e. The van der Waals surface area contributed by atoms with E-state index < -0.39 is 6.09 Å². The maximum atomic E-state index is 11.6. The smallest absolute Gasteiger partial charge is 0.428 e. The molecule has 0 radical (unpaired) electrons. The highest BCUT2D eigenvalue weighted by molar-refractivity contribution is 6.04. The molecule has 1 aromatic rings. The second-order valence-electron chi connectivity index (χ2n) is 4.56. The van der Waals surface area contributed by atoms with Crippen LogP contribution in [0.3, 0.4) is 0 Å². The Hall–Kier alpha value is -2.57. The number of benzene rings is 1. The van der Waals surface area contributed by atoms with Crippen molar-refractivity contribution in [2.24, 2.45) is 5.10 Å². The van der Waals surface area contributed by atoms with Crippen molar-refractivity contribution in [1.29, 1.82) is 0 Å². The van der Waals surface area contributed by atoms with Crippen LogP contribution in [-0.2, 0) is 4.74 Å². The van der Waals surface area contributed by atoms with E-state index in [0.29, 0.717) is 17.9 Å². The van der Waals surface area contributed by atoms with Crippen LogP contribution in [0, 0.1) is 0 Å². The lowest BCUT2D eigenvalue weighted by atomic mass is 10.1. The zero-order valence-electron chi connectivity index (χ0n) is 11.8. The zero-order chi connectivity index (χ0) is 15.1. The molecule has 3 amide bonds. The van der Waals surface area contributed by atoms with E-state index in [1.807, 2.05) is 0 Å². The monoisotopic (exact) mass is 290 g/mol. The Bertz CT molecular complexity index is 540. The molecule has 7 heteroatoms. The number of urea groups is 1. The van der Waals surface area contributed by atoms with E-state index in [-0.39, 0.29) is 12.6 Å². The van der Waals surface area contributed by atoms with Gasteiger partial charge in [-0.05, 0) is 18.6 Å². The van der Waals surface area contributed by atoms with Crippen molar-refractivity contribution >= 4 is 23.5 Å². The molecule has 2 rings (SSSR count). The van der Waals surface area contributed by atoms with Gasteiger partial charge in [0.15, 0.2) is 0 Å². The second kappa shape index (κ2) is 7.28. The number of cyclic esters (lactones) is 1. The first-order chi connectivity index (χ1) is 10.2. The number of nitrogens with zero attached hydrogens (tertiary/aromatic N) is 1. The summed E-state index contributed by atoms with van der Waals surface area (Å²) >= 11 is 0. The van der Waals surface area contributed by atoms with E-state index in [1.54, 1.807) is 24.3 Å². The number of amides is 3. The second-order valence-corrected chi connectivity index (χ2v) is 4.56. The van der Waals surface area contributed by atoms with Gasteiger partial charge in [0, 0.05) is 17.8 Å². The standard InChI is InChI=1S/C14H18N4O3/c1-2-3-8-15-13(19)16-11-6-4-10(5-7-11)12-9-21-14(20)18-17-12/h4-7H,2-3,8-9H2,1H3,(H,18,20)(H2,15,16,19). The van der Waals surface area contributed by atoms with Gasteiger partial charge in [0.1, 0.15) is 12.3 Å². The minimum atomic E-state index is -0.555. The summed E-state index contributed by atoms with van der Waals surface area (Å²) in [5.41, 5.74) is 4.40. The summed E-state index contributed by atoms with van der Waals surface area (Å²) < 4.78 is 4.83. The van der Waals surface area contributed by atoms with E-state index >= 15 is 0 Å². The van der Waals surface area contributed by atoms with Gasteiger partial charge in [-0.2, -0.15) is 5.10 Å². The molecule has 0 bridgehead atoms. The number of rotatable bonds is 5. The molecule has 0 spiro atoms. The molecule has 0 aliphatic carbocycles. The third kappa shape index (κ3) is 4.48. The Morgan fingerprint density at radius 3 is 2.76 bits per heavy atom. The normalized spacial score (nSPS) is 13.8. The fourth-order valence-electron chi connectivity index (χ4n) is 1.76. The molecule has 1 aliphatic rings. The minimum absolute atomic E-state index is 0.135. The van der Waals surface area contributed by atoms with E-state index in [2.05, 4.69) is 28.1 Å². The molecule has 112 valence electrons. The van der Waals surface area contributed by atoms with Gasteiger partial charge < -0.3 is 15.4 Å². The van der Waals surface area contributed by atoms with Gasteiger partial charge in [-0.15, -0.1) is 0 Å². The number of hydrogen-bond donors (Lipinski definition) is 3. The molecule has 0 saturated heterocycles. The number of carbonyl (C=O) groups is 2. The van der Waals surface area contributed by atoms with Crippen LogP contribution in [0.15, 0.2) is 29.4 Å². The Balaban J connectivity index is 1.90. The first-order valence-electron chi connectivity index (χ1n) is 6.83. The fourth-order valence-corrected chi connectivity index (χ4v) is 1.76. The quantitative estimate of drug-likeness (QED) is 0.725. The van der Waals surface area contributed by atoms with Crippen LogP contribution in [-0.4, -0.2) is 31.0 Å². The minimum Gasteiger partial charge on any atom is -0.442 e. The summed E-state index contributed by atoms with van der Waals surface area (Å²) in [5, 5.41) is 9.43. The van der Waals surface area contributed by atoms with Gasteiger partial charge in [-0.1, -0.05) is 25.5 Å². The Labute approximate surface area is 122 Å². The summed E-state index contributed by atoms with van der Waals surface area (Å²) in [6.07, 6.45) is 1.44. The van der Waals surface area contributed by atoms with Crippen LogP contribution in [0.4, 0.5) is 15.3 Å². The van der Waals surface area contributed by atoms with Crippen molar-refractivity contribution in [3.05, 3.63) is 29.8 Å². The topological polar surface area (TPSA) is 91.8 Å². The molecule has 1 heterocycles. The molecular weight excluding hydrogens is 272 g/mol. The maximum absolute atomic E-state index is 11.6. The van der Waals surface area contributed by atoms with Crippen molar-refractivity contribution in [2.45, 2.75) is 19.8 Å². The molecule has 0 saturated carbocycles. The number of ether oxygens (including phenoxy) is 1. The van der Waals surface area contributed by atoms with Gasteiger partial charge in [0.2, 0.25) is 0 Å². The summed E-state index contributed by atoms with van der Waals surface area (Å²) in [7, 11) is 0. The fraction of sp³-hybridized carbons (Fsp3) is 0.357.